The smallest absolute Gasteiger partial charge is 0.0254 e. The molecule has 1 rings (SSSR count). The molecule has 0 saturated carbocycles. The predicted molar refractivity (Wildman–Crippen MR) is 75.1 cm³/mol. The van der Waals surface area contributed by atoms with Gasteiger partial charge in [0.1, 0.15) is 0 Å². The van der Waals surface area contributed by atoms with Gasteiger partial charge in [-0.1, -0.05) is 20.8 Å². The largest absolute Gasteiger partial charge is 0.330 e. The summed E-state index contributed by atoms with van der Waals surface area (Å²) >= 11 is 0. The molecule has 3 heteroatoms. The molecule has 0 aromatic rings. The number of hydrogen-bond acceptors (Lipinski definition) is 3. The zero-order valence-corrected chi connectivity index (χ0v) is 12.4. The Morgan fingerprint density at radius 1 is 1.29 bits per heavy atom. The molecule has 0 aromatic carbocycles. The Kier molecular flexibility index (Phi) is 5.42. The second-order valence-corrected chi connectivity index (χ2v) is 6.74. The lowest BCUT2D eigenvalue weighted by Crippen LogP contribution is -2.34. The molecule has 2 N–H and O–H groups in total. The van der Waals surface area contributed by atoms with E-state index in [1.54, 1.807) is 0 Å². The number of likely N-dealkylation sites (N-methyl/N-ethyl adjacent to an activating group) is 1. The Labute approximate surface area is 107 Å². The normalized spacial score (nSPS) is 27.0. The molecule has 0 aromatic heterocycles. The van der Waals surface area contributed by atoms with Crippen molar-refractivity contribution in [1.29, 1.82) is 0 Å². The van der Waals surface area contributed by atoms with E-state index in [0.717, 1.165) is 18.5 Å². The van der Waals surface area contributed by atoms with E-state index in [-0.39, 0.29) is 0 Å². The van der Waals surface area contributed by atoms with Crippen molar-refractivity contribution in [3.05, 3.63) is 0 Å². The summed E-state index contributed by atoms with van der Waals surface area (Å²) in [5.74, 6) is 0.799. The van der Waals surface area contributed by atoms with E-state index < -0.39 is 0 Å². The molecule has 0 amide bonds. The molecule has 0 radical (unpaired) electrons. The van der Waals surface area contributed by atoms with E-state index in [1.165, 1.54) is 32.5 Å². The molecule has 17 heavy (non-hydrogen) atoms. The fourth-order valence-electron chi connectivity index (χ4n) is 2.79. The minimum absolute atomic E-state index is 0.312. The first-order valence-electron chi connectivity index (χ1n) is 6.94. The van der Waals surface area contributed by atoms with Gasteiger partial charge in [-0.25, -0.2) is 0 Å². The van der Waals surface area contributed by atoms with Crippen LogP contribution < -0.4 is 5.73 Å². The SMILES string of the molecule is CC1CN(CCCC(C)(C)CN)CC1N(C)C. The van der Waals surface area contributed by atoms with Crippen LogP contribution in [0.1, 0.15) is 33.6 Å². The number of likely N-dealkylation sites (tertiary alicyclic amines) is 1. The first kappa shape index (κ1) is 14.9. The van der Waals surface area contributed by atoms with Crippen molar-refractivity contribution in [1.82, 2.24) is 9.80 Å². The maximum absolute atomic E-state index is 5.76. The summed E-state index contributed by atoms with van der Waals surface area (Å²) in [6.07, 6.45) is 2.51. The highest BCUT2D eigenvalue weighted by molar-refractivity contribution is 4.86. The van der Waals surface area contributed by atoms with Gasteiger partial charge < -0.3 is 15.5 Å². The van der Waals surface area contributed by atoms with Gasteiger partial charge in [0.2, 0.25) is 0 Å². The number of hydrogen-bond donors (Lipinski definition) is 1. The fraction of sp³-hybridized carbons (Fsp3) is 1.00. The molecule has 0 aliphatic carbocycles. The van der Waals surface area contributed by atoms with E-state index in [1.807, 2.05) is 0 Å². The zero-order valence-electron chi connectivity index (χ0n) is 12.4. The molecule has 1 fully saturated rings. The third-order valence-corrected chi connectivity index (χ3v) is 4.19. The Bertz CT molecular complexity index is 226. The summed E-state index contributed by atoms with van der Waals surface area (Å²) in [6.45, 7) is 11.4. The van der Waals surface area contributed by atoms with Crippen LogP contribution in [0.5, 0.6) is 0 Å². The summed E-state index contributed by atoms with van der Waals surface area (Å²) < 4.78 is 0. The molecule has 1 heterocycles. The average Bonchev–Trinajstić information content (AvgIpc) is 2.59. The highest BCUT2D eigenvalue weighted by Crippen LogP contribution is 2.23. The van der Waals surface area contributed by atoms with Gasteiger partial charge in [-0.05, 0) is 51.4 Å². The summed E-state index contributed by atoms with van der Waals surface area (Å²) in [5.41, 5.74) is 6.08. The molecule has 2 unspecified atom stereocenters. The van der Waals surface area contributed by atoms with Gasteiger partial charge in [0.05, 0.1) is 0 Å². The molecule has 2 atom stereocenters. The Balaban J connectivity index is 2.26. The van der Waals surface area contributed by atoms with Crippen LogP contribution in [0.3, 0.4) is 0 Å². The maximum atomic E-state index is 5.76. The van der Waals surface area contributed by atoms with Crippen LogP contribution in [0, 0.1) is 11.3 Å². The second-order valence-electron chi connectivity index (χ2n) is 6.74. The third kappa shape index (κ3) is 4.57. The van der Waals surface area contributed by atoms with Crippen LogP contribution in [0.4, 0.5) is 0 Å². The quantitative estimate of drug-likeness (QED) is 0.767. The van der Waals surface area contributed by atoms with E-state index in [9.17, 15) is 0 Å². The van der Waals surface area contributed by atoms with Gasteiger partial charge in [0.15, 0.2) is 0 Å². The van der Waals surface area contributed by atoms with Gasteiger partial charge in [0.25, 0.3) is 0 Å². The van der Waals surface area contributed by atoms with Crippen molar-refractivity contribution in [3.8, 4) is 0 Å². The summed E-state index contributed by atoms with van der Waals surface area (Å²) in [7, 11) is 4.39. The Morgan fingerprint density at radius 3 is 2.41 bits per heavy atom. The Hall–Kier alpha value is -0.120. The summed E-state index contributed by atoms with van der Waals surface area (Å²) in [5, 5.41) is 0. The molecule has 1 saturated heterocycles. The number of rotatable bonds is 6. The molecule has 0 spiro atoms. The molecule has 1 aliphatic heterocycles. The molecule has 3 nitrogen and oxygen atoms in total. The van der Waals surface area contributed by atoms with Gasteiger partial charge in [-0.15, -0.1) is 0 Å². The maximum Gasteiger partial charge on any atom is 0.0254 e. The zero-order chi connectivity index (χ0) is 13.1. The molecule has 1 aliphatic rings. The molecular formula is C14H31N3. The van der Waals surface area contributed by atoms with Crippen LogP contribution in [-0.4, -0.2) is 56.1 Å². The monoisotopic (exact) mass is 241 g/mol. The lowest BCUT2D eigenvalue weighted by atomic mass is 9.88. The average molecular weight is 241 g/mol. The van der Waals surface area contributed by atoms with Crippen LogP contribution in [0.15, 0.2) is 0 Å². The Morgan fingerprint density at radius 2 is 1.94 bits per heavy atom. The third-order valence-electron chi connectivity index (χ3n) is 4.19. The van der Waals surface area contributed by atoms with E-state index in [2.05, 4.69) is 44.7 Å². The van der Waals surface area contributed by atoms with Gasteiger partial charge in [0, 0.05) is 19.1 Å². The van der Waals surface area contributed by atoms with Crippen molar-refractivity contribution in [2.75, 3.05) is 40.3 Å². The molecular weight excluding hydrogens is 210 g/mol. The predicted octanol–water partition coefficient (Wildman–Crippen LogP) is 1.63. The van der Waals surface area contributed by atoms with E-state index in [0.29, 0.717) is 5.41 Å². The van der Waals surface area contributed by atoms with Crippen LogP contribution in [0.2, 0.25) is 0 Å². The van der Waals surface area contributed by atoms with Gasteiger partial charge in [-0.2, -0.15) is 0 Å². The molecule has 102 valence electrons. The minimum Gasteiger partial charge on any atom is -0.330 e. The van der Waals surface area contributed by atoms with Crippen LogP contribution in [0.25, 0.3) is 0 Å². The van der Waals surface area contributed by atoms with Crippen LogP contribution in [-0.2, 0) is 0 Å². The summed E-state index contributed by atoms with van der Waals surface area (Å²) in [6, 6.07) is 0.734. The van der Waals surface area contributed by atoms with Crippen molar-refractivity contribution in [2.24, 2.45) is 17.1 Å². The van der Waals surface area contributed by atoms with Crippen molar-refractivity contribution >= 4 is 0 Å². The van der Waals surface area contributed by atoms with Gasteiger partial charge in [-0.3, -0.25) is 0 Å². The van der Waals surface area contributed by atoms with Crippen molar-refractivity contribution in [3.63, 3.8) is 0 Å². The standard InChI is InChI=1S/C14H31N3/c1-12-9-17(10-13(12)16(4)5)8-6-7-14(2,3)11-15/h12-13H,6-11,15H2,1-5H3. The van der Waals surface area contributed by atoms with E-state index in [4.69, 9.17) is 5.73 Å². The number of nitrogens with two attached hydrogens (primary N) is 1. The fourth-order valence-corrected chi connectivity index (χ4v) is 2.79. The topological polar surface area (TPSA) is 32.5 Å². The summed E-state index contributed by atoms with van der Waals surface area (Å²) in [4.78, 5) is 4.98. The first-order valence-corrected chi connectivity index (χ1v) is 6.94. The van der Waals surface area contributed by atoms with E-state index >= 15 is 0 Å². The highest BCUT2D eigenvalue weighted by atomic mass is 15.2. The lowest BCUT2D eigenvalue weighted by Gasteiger charge is -2.24. The molecule has 0 bridgehead atoms. The van der Waals surface area contributed by atoms with Crippen molar-refractivity contribution < 1.29 is 0 Å². The van der Waals surface area contributed by atoms with Crippen molar-refractivity contribution in [2.45, 2.75) is 39.7 Å². The second kappa shape index (κ2) is 6.17. The first-order chi connectivity index (χ1) is 7.85. The van der Waals surface area contributed by atoms with Crippen LogP contribution >= 0.6 is 0 Å². The van der Waals surface area contributed by atoms with Gasteiger partial charge >= 0.3 is 0 Å². The minimum atomic E-state index is 0.312. The number of nitrogens with zero attached hydrogens (tertiary/aromatic N) is 2. The highest BCUT2D eigenvalue weighted by Gasteiger charge is 2.30. The lowest BCUT2D eigenvalue weighted by molar-refractivity contribution is 0.243.